The van der Waals surface area contributed by atoms with Crippen molar-refractivity contribution in [3.8, 4) is 0 Å². The van der Waals surface area contributed by atoms with Gasteiger partial charge >= 0.3 is 5.97 Å². The number of hydrogen-bond acceptors (Lipinski definition) is 4. The summed E-state index contributed by atoms with van der Waals surface area (Å²) in [5.41, 5.74) is 5.11. The van der Waals surface area contributed by atoms with Crippen LogP contribution in [0.4, 0.5) is 0 Å². The van der Waals surface area contributed by atoms with Crippen molar-refractivity contribution in [3.05, 3.63) is 0 Å². The molecule has 0 aliphatic carbocycles. The summed E-state index contributed by atoms with van der Waals surface area (Å²) in [5, 5.41) is 0. The largest absolute Gasteiger partial charge is 0.465 e. The summed E-state index contributed by atoms with van der Waals surface area (Å²) in [6.45, 7) is 3.03. The number of carbonyl (C=O) groups is 2. The Hall–Kier alpha value is -1.10. The molecule has 0 bridgehead atoms. The number of nitrogens with zero attached hydrogens (tertiary/aromatic N) is 1. The maximum absolute atomic E-state index is 11.0. The van der Waals surface area contributed by atoms with Crippen LogP contribution in [-0.4, -0.2) is 42.5 Å². The maximum Gasteiger partial charge on any atom is 0.320 e. The minimum Gasteiger partial charge on any atom is -0.465 e. The van der Waals surface area contributed by atoms with E-state index in [9.17, 15) is 9.59 Å². The highest BCUT2D eigenvalue weighted by Gasteiger charge is 2.33. The van der Waals surface area contributed by atoms with Crippen molar-refractivity contribution in [2.24, 2.45) is 5.73 Å². The number of carbonyl (C=O) groups excluding carboxylic acids is 2. The Morgan fingerprint density at radius 3 is 2.69 bits per heavy atom. The molecule has 1 saturated heterocycles. The number of primary amides is 1. The summed E-state index contributed by atoms with van der Waals surface area (Å²) in [5.74, 6) is -0.663. The van der Waals surface area contributed by atoms with Gasteiger partial charge in [-0.2, -0.15) is 0 Å². The van der Waals surface area contributed by atoms with Crippen LogP contribution in [0.2, 0.25) is 0 Å². The quantitative estimate of drug-likeness (QED) is 0.578. The Morgan fingerprint density at radius 2 is 2.31 bits per heavy atom. The topological polar surface area (TPSA) is 72.6 Å². The Bertz CT molecular complexity index is 217. The summed E-state index contributed by atoms with van der Waals surface area (Å²) < 4.78 is 4.74. The summed E-state index contributed by atoms with van der Waals surface area (Å²) in [6.07, 6.45) is 0.745. The highest BCUT2D eigenvalue weighted by molar-refractivity contribution is 5.82. The Kier molecular flexibility index (Phi) is 3.25. The number of rotatable bonds is 4. The van der Waals surface area contributed by atoms with E-state index in [0.29, 0.717) is 6.61 Å². The van der Waals surface area contributed by atoms with Gasteiger partial charge in [0.05, 0.1) is 19.2 Å². The van der Waals surface area contributed by atoms with Crippen LogP contribution in [0.1, 0.15) is 13.3 Å². The SMILES string of the molecule is CCOC(=O)CN1CCC1C(N)=O. The number of hydrogen-bond donors (Lipinski definition) is 1. The second-order valence-electron chi connectivity index (χ2n) is 2.98. The van der Waals surface area contributed by atoms with Crippen LogP contribution in [-0.2, 0) is 14.3 Å². The Balaban J connectivity index is 2.30. The third-order valence-electron chi connectivity index (χ3n) is 2.10. The highest BCUT2D eigenvalue weighted by Crippen LogP contribution is 2.15. The van der Waals surface area contributed by atoms with Crippen molar-refractivity contribution >= 4 is 11.9 Å². The number of esters is 1. The predicted molar refractivity (Wildman–Crippen MR) is 45.8 cm³/mol. The van der Waals surface area contributed by atoms with Gasteiger partial charge in [0.1, 0.15) is 0 Å². The molecule has 0 aromatic carbocycles. The van der Waals surface area contributed by atoms with Gasteiger partial charge < -0.3 is 10.5 Å². The molecule has 1 heterocycles. The smallest absolute Gasteiger partial charge is 0.320 e. The lowest BCUT2D eigenvalue weighted by atomic mass is 10.0. The number of amides is 1. The molecular formula is C8H14N2O3. The van der Waals surface area contributed by atoms with Crippen LogP contribution in [0.3, 0.4) is 0 Å². The maximum atomic E-state index is 11.0. The van der Waals surface area contributed by atoms with Gasteiger partial charge in [-0.25, -0.2) is 0 Å². The van der Waals surface area contributed by atoms with Crippen LogP contribution >= 0.6 is 0 Å². The molecule has 1 aliphatic rings. The molecule has 0 radical (unpaired) electrons. The van der Waals surface area contributed by atoms with Crippen molar-refractivity contribution < 1.29 is 14.3 Å². The van der Waals surface area contributed by atoms with Crippen molar-refractivity contribution in [3.63, 3.8) is 0 Å². The summed E-state index contributed by atoms with van der Waals surface area (Å²) in [4.78, 5) is 23.5. The summed E-state index contributed by atoms with van der Waals surface area (Å²) in [6, 6.07) is -0.274. The Morgan fingerprint density at radius 1 is 1.62 bits per heavy atom. The second-order valence-corrected chi connectivity index (χ2v) is 2.98. The lowest BCUT2D eigenvalue weighted by Crippen LogP contribution is -2.56. The van der Waals surface area contributed by atoms with Gasteiger partial charge in [0.15, 0.2) is 0 Å². The van der Waals surface area contributed by atoms with E-state index in [0.717, 1.165) is 13.0 Å². The molecule has 0 saturated carbocycles. The number of ether oxygens (including phenoxy) is 1. The average Bonchev–Trinajstić information content (AvgIpc) is 1.97. The lowest BCUT2D eigenvalue weighted by Gasteiger charge is -2.37. The predicted octanol–water partition coefficient (Wildman–Crippen LogP) is -0.891. The number of likely N-dealkylation sites (tertiary alicyclic amines) is 1. The van der Waals surface area contributed by atoms with Crippen LogP contribution in [0.25, 0.3) is 0 Å². The minimum atomic E-state index is -0.365. The van der Waals surface area contributed by atoms with E-state index in [1.54, 1.807) is 11.8 Å². The molecule has 13 heavy (non-hydrogen) atoms. The fraction of sp³-hybridized carbons (Fsp3) is 0.750. The molecule has 74 valence electrons. The van der Waals surface area contributed by atoms with E-state index in [1.807, 2.05) is 0 Å². The molecule has 2 N–H and O–H groups in total. The molecule has 1 rings (SSSR count). The third-order valence-corrected chi connectivity index (χ3v) is 2.10. The molecule has 1 fully saturated rings. The zero-order valence-corrected chi connectivity index (χ0v) is 7.66. The van der Waals surface area contributed by atoms with E-state index in [2.05, 4.69) is 0 Å². The molecule has 0 aromatic rings. The first-order valence-corrected chi connectivity index (χ1v) is 4.34. The van der Waals surface area contributed by atoms with E-state index in [4.69, 9.17) is 10.5 Å². The van der Waals surface area contributed by atoms with Crippen LogP contribution in [0, 0.1) is 0 Å². The van der Waals surface area contributed by atoms with Gasteiger partial charge in [0.2, 0.25) is 5.91 Å². The first-order chi connectivity index (χ1) is 6.15. The summed E-state index contributed by atoms with van der Waals surface area (Å²) in [7, 11) is 0. The van der Waals surface area contributed by atoms with E-state index in [-0.39, 0.29) is 24.5 Å². The van der Waals surface area contributed by atoms with Crippen LogP contribution in [0.5, 0.6) is 0 Å². The molecule has 1 unspecified atom stereocenters. The zero-order chi connectivity index (χ0) is 9.84. The monoisotopic (exact) mass is 186 g/mol. The molecule has 0 aromatic heterocycles. The minimum absolute atomic E-state index is 0.168. The first kappa shape index (κ1) is 9.98. The van der Waals surface area contributed by atoms with E-state index >= 15 is 0 Å². The van der Waals surface area contributed by atoms with Crippen molar-refractivity contribution in [2.45, 2.75) is 19.4 Å². The lowest BCUT2D eigenvalue weighted by molar-refractivity contribution is -0.147. The van der Waals surface area contributed by atoms with Crippen LogP contribution in [0.15, 0.2) is 0 Å². The van der Waals surface area contributed by atoms with Gasteiger partial charge in [-0.3, -0.25) is 14.5 Å². The van der Waals surface area contributed by atoms with Crippen molar-refractivity contribution in [1.82, 2.24) is 4.90 Å². The first-order valence-electron chi connectivity index (χ1n) is 4.34. The molecule has 5 nitrogen and oxygen atoms in total. The van der Waals surface area contributed by atoms with Crippen molar-refractivity contribution in [2.75, 3.05) is 19.7 Å². The van der Waals surface area contributed by atoms with E-state index < -0.39 is 0 Å². The Labute approximate surface area is 76.8 Å². The molecule has 0 spiro atoms. The average molecular weight is 186 g/mol. The van der Waals surface area contributed by atoms with Gasteiger partial charge in [-0.1, -0.05) is 0 Å². The fourth-order valence-electron chi connectivity index (χ4n) is 1.32. The van der Waals surface area contributed by atoms with Crippen LogP contribution < -0.4 is 5.73 Å². The van der Waals surface area contributed by atoms with Crippen molar-refractivity contribution in [1.29, 1.82) is 0 Å². The molecule has 1 amide bonds. The van der Waals surface area contributed by atoms with Gasteiger partial charge in [-0.05, 0) is 13.3 Å². The molecule has 5 heteroatoms. The fourth-order valence-corrected chi connectivity index (χ4v) is 1.32. The normalized spacial score (nSPS) is 22.1. The second kappa shape index (κ2) is 4.23. The summed E-state index contributed by atoms with van der Waals surface area (Å²) >= 11 is 0. The van der Waals surface area contributed by atoms with Gasteiger partial charge in [0.25, 0.3) is 0 Å². The van der Waals surface area contributed by atoms with Gasteiger partial charge in [0, 0.05) is 6.54 Å². The zero-order valence-electron chi connectivity index (χ0n) is 7.66. The highest BCUT2D eigenvalue weighted by atomic mass is 16.5. The van der Waals surface area contributed by atoms with Gasteiger partial charge in [-0.15, -0.1) is 0 Å². The standard InChI is InChI=1S/C8H14N2O3/c1-2-13-7(11)5-10-4-3-6(10)8(9)12/h6H,2-5H2,1H3,(H2,9,12). The third kappa shape index (κ3) is 2.42. The molecular weight excluding hydrogens is 172 g/mol. The molecule has 1 atom stereocenters. The molecule has 1 aliphatic heterocycles. The van der Waals surface area contributed by atoms with E-state index in [1.165, 1.54) is 0 Å². The number of nitrogens with two attached hydrogens (primary N) is 1.